The summed E-state index contributed by atoms with van der Waals surface area (Å²) in [5, 5.41) is 0. The lowest BCUT2D eigenvalue weighted by Crippen LogP contribution is -2.23. The summed E-state index contributed by atoms with van der Waals surface area (Å²) in [4.78, 5) is 13.8. The average molecular weight is 348 g/mol. The molecule has 1 fully saturated rings. The van der Waals surface area contributed by atoms with Crippen LogP contribution in [0.2, 0.25) is 0 Å². The molecule has 1 saturated heterocycles. The average Bonchev–Trinajstić information content (AvgIpc) is 2.71. The first-order chi connectivity index (χ1) is 11.3. The zero-order chi connectivity index (χ0) is 17.9. The van der Waals surface area contributed by atoms with Crippen molar-refractivity contribution in [3.05, 3.63) is 28.8 Å². The Labute approximate surface area is 152 Å². The molecule has 0 spiro atoms. The molecule has 1 amide bonds. The maximum Gasteiger partial charge on any atom is 0.232 e. The van der Waals surface area contributed by atoms with Gasteiger partial charge in [0.1, 0.15) is 0 Å². The van der Waals surface area contributed by atoms with Crippen molar-refractivity contribution in [3.8, 4) is 0 Å². The van der Waals surface area contributed by atoms with Crippen molar-refractivity contribution in [3.63, 3.8) is 0 Å². The van der Waals surface area contributed by atoms with Gasteiger partial charge in [-0.15, -0.1) is 0 Å². The highest BCUT2D eigenvalue weighted by atomic mass is 32.2. The number of rotatable bonds is 5. The van der Waals surface area contributed by atoms with E-state index >= 15 is 0 Å². The lowest BCUT2D eigenvalue weighted by atomic mass is 9.89. The third-order valence-corrected chi connectivity index (χ3v) is 6.07. The standard InChI is InChI=1S/C21H33NOS/c1-14(2)17-12-18(15(3)4)21(19(13-17)16(5)6)24-22-11-9-7-8-10-20(22)23/h12-16H,7-11H2,1-6H3. The SMILES string of the molecule is CC(C)c1cc(C(C)C)c(SN2CCCCCC2=O)c(C(C)C)c1. The molecule has 134 valence electrons. The summed E-state index contributed by atoms with van der Waals surface area (Å²) in [5.41, 5.74) is 4.20. The van der Waals surface area contributed by atoms with E-state index in [1.165, 1.54) is 28.0 Å². The second-order valence-electron chi connectivity index (χ2n) is 7.89. The van der Waals surface area contributed by atoms with Crippen LogP contribution in [0.25, 0.3) is 0 Å². The highest BCUT2D eigenvalue weighted by Crippen LogP contribution is 2.40. The van der Waals surface area contributed by atoms with E-state index in [2.05, 4.69) is 53.7 Å². The summed E-state index contributed by atoms with van der Waals surface area (Å²) in [5.74, 6) is 1.75. The third kappa shape index (κ3) is 4.56. The minimum atomic E-state index is 0.301. The van der Waals surface area contributed by atoms with Gasteiger partial charge in [0.05, 0.1) is 0 Å². The van der Waals surface area contributed by atoms with Gasteiger partial charge in [0, 0.05) is 17.9 Å². The van der Waals surface area contributed by atoms with E-state index in [-0.39, 0.29) is 0 Å². The van der Waals surface area contributed by atoms with Crippen LogP contribution in [0.1, 0.15) is 102 Å². The van der Waals surface area contributed by atoms with Gasteiger partial charge in [-0.2, -0.15) is 0 Å². The molecule has 1 aromatic carbocycles. The monoisotopic (exact) mass is 347 g/mol. The van der Waals surface area contributed by atoms with Crippen LogP contribution in [0.5, 0.6) is 0 Å². The minimum Gasteiger partial charge on any atom is -0.282 e. The molecule has 0 bridgehead atoms. The van der Waals surface area contributed by atoms with Gasteiger partial charge in [-0.05, 0) is 59.2 Å². The Balaban J connectivity index is 2.47. The lowest BCUT2D eigenvalue weighted by Gasteiger charge is -2.26. The minimum absolute atomic E-state index is 0.301. The van der Waals surface area contributed by atoms with Gasteiger partial charge in [-0.1, -0.05) is 60.1 Å². The molecule has 1 aromatic rings. The first-order valence-electron chi connectivity index (χ1n) is 9.47. The molecular weight excluding hydrogens is 314 g/mol. The molecule has 0 N–H and O–H groups in total. The normalized spacial score (nSPS) is 16.4. The van der Waals surface area contributed by atoms with E-state index in [0.717, 1.165) is 19.4 Å². The second kappa shape index (κ2) is 8.42. The van der Waals surface area contributed by atoms with Gasteiger partial charge in [0.25, 0.3) is 0 Å². The predicted molar refractivity (Wildman–Crippen MR) is 105 cm³/mol. The van der Waals surface area contributed by atoms with Gasteiger partial charge < -0.3 is 0 Å². The van der Waals surface area contributed by atoms with Crippen LogP contribution in [0.15, 0.2) is 17.0 Å². The van der Waals surface area contributed by atoms with Crippen LogP contribution in [0.3, 0.4) is 0 Å². The first-order valence-corrected chi connectivity index (χ1v) is 10.2. The zero-order valence-corrected chi connectivity index (χ0v) is 17.0. The fourth-order valence-corrected chi connectivity index (χ4v) is 4.59. The Hall–Kier alpha value is -0.960. The molecule has 3 heteroatoms. The molecule has 0 radical (unpaired) electrons. The van der Waals surface area contributed by atoms with Gasteiger partial charge in [0.2, 0.25) is 5.91 Å². The Morgan fingerprint density at radius 3 is 1.96 bits per heavy atom. The molecule has 0 saturated carbocycles. The summed E-state index contributed by atoms with van der Waals surface area (Å²) >= 11 is 1.70. The van der Waals surface area contributed by atoms with E-state index in [1.807, 2.05) is 4.31 Å². The highest BCUT2D eigenvalue weighted by molar-refractivity contribution is 7.97. The molecule has 2 rings (SSSR count). The van der Waals surface area contributed by atoms with E-state index in [1.54, 1.807) is 11.9 Å². The van der Waals surface area contributed by atoms with Crippen LogP contribution >= 0.6 is 11.9 Å². The molecule has 0 unspecified atom stereocenters. The van der Waals surface area contributed by atoms with Crippen molar-refractivity contribution in [2.45, 2.75) is 89.9 Å². The maximum absolute atomic E-state index is 12.5. The van der Waals surface area contributed by atoms with Crippen molar-refractivity contribution in [1.29, 1.82) is 0 Å². The quantitative estimate of drug-likeness (QED) is 0.569. The largest absolute Gasteiger partial charge is 0.282 e. The second-order valence-corrected chi connectivity index (χ2v) is 8.92. The van der Waals surface area contributed by atoms with Crippen molar-refractivity contribution in [1.82, 2.24) is 4.31 Å². The predicted octanol–water partition coefficient (Wildman–Crippen LogP) is 6.47. The zero-order valence-electron chi connectivity index (χ0n) is 16.2. The lowest BCUT2D eigenvalue weighted by molar-refractivity contribution is -0.125. The Morgan fingerprint density at radius 1 is 0.875 bits per heavy atom. The molecule has 0 atom stereocenters. The molecular formula is C21H33NOS. The molecule has 24 heavy (non-hydrogen) atoms. The van der Waals surface area contributed by atoms with Gasteiger partial charge >= 0.3 is 0 Å². The number of benzene rings is 1. The number of carbonyl (C=O) groups excluding carboxylic acids is 1. The fraction of sp³-hybridized carbons (Fsp3) is 0.667. The first kappa shape index (κ1) is 19.4. The van der Waals surface area contributed by atoms with E-state index in [9.17, 15) is 4.79 Å². The Kier molecular flexibility index (Phi) is 6.79. The molecule has 0 aromatic heterocycles. The summed E-state index contributed by atoms with van der Waals surface area (Å²) in [6.07, 6.45) is 4.03. The Bertz CT molecular complexity index is 548. The molecule has 0 aliphatic carbocycles. The highest BCUT2D eigenvalue weighted by Gasteiger charge is 2.23. The summed E-state index contributed by atoms with van der Waals surface area (Å²) in [7, 11) is 0. The number of carbonyl (C=O) groups is 1. The summed E-state index contributed by atoms with van der Waals surface area (Å²) in [6, 6.07) is 4.73. The van der Waals surface area contributed by atoms with E-state index in [0.29, 0.717) is 30.1 Å². The molecule has 1 aliphatic rings. The maximum atomic E-state index is 12.5. The number of hydrogen-bond donors (Lipinski definition) is 0. The fourth-order valence-electron chi connectivity index (χ4n) is 3.16. The van der Waals surface area contributed by atoms with Crippen LogP contribution in [-0.2, 0) is 4.79 Å². The third-order valence-electron chi connectivity index (χ3n) is 4.81. The van der Waals surface area contributed by atoms with Gasteiger partial charge in [0.15, 0.2) is 0 Å². The molecule has 2 nitrogen and oxygen atoms in total. The summed E-state index contributed by atoms with van der Waals surface area (Å²) < 4.78 is 2.02. The van der Waals surface area contributed by atoms with Crippen molar-refractivity contribution in [2.24, 2.45) is 0 Å². The van der Waals surface area contributed by atoms with Crippen LogP contribution in [-0.4, -0.2) is 16.8 Å². The smallest absolute Gasteiger partial charge is 0.232 e. The topological polar surface area (TPSA) is 20.3 Å². The van der Waals surface area contributed by atoms with Gasteiger partial charge in [-0.3, -0.25) is 9.10 Å². The molecule has 1 heterocycles. The van der Waals surface area contributed by atoms with Gasteiger partial charge in [-0.25, -0.2) is 0 Å². The summed E-state index contributed by atoms with van der Waals surface area (Å²) in [6.45, 7) is 14.4. The number of amides is 1. The van der Waals surface area contributed by atoms with Crippen molar-refractivity contribution in [2.75, 3.05) is 6.54 Å². The van der Waals surface area contributed by atoms with E-state index < -0.39 is 0 Å². The Morgan fingerprint density at radius 2 is 1.46 bits per heavy atom. The van der Waals surface area contributed by atoms with Crippen molar-refractivity contribution < 1.29 is 4.79 Å². The van der Waals surface area contributed by atoms with Crippen LogP contribution in [0, 0.1) is 0 Å². The van der Waals surface area contributed by atoms with Crippen molar-refractivity contribution >= 4 is 17.9 Å². The van der Waals surface area contributed by atoms with Crippen LogP contribution < -0.4 is 0 Å². The van der Waals surface area contributed by atoms with Crippen LogP contribution in [0.4, 0.5) is 0 Å². The van der Waals surface area contributed by atoms with E-state index in [4.69, 9.17) is 0 Å². The number of hydrogen-bond acceptors (Lipinski definition) is 2. The molecule has 1 aliphatic heterocycles. The number of nitrogens with zero attached hydrogens (tertiary/aromatic N) is 1.